The fourth-order valence-corrected chi connectivity index (χ4v) is 2.62. The molecule has 0 aromatic rings. The number of unbranched alkanes of at least 4 members (excludes halogenated alkanes) is 8. The van der Waals surface area contributed by atoms with Crippen LogP contribution in [0.3, 0.4) is 0 Å². The normalized spacial score (nSPS) is 11.0. The van der Waals surface area contributed by atoms with E-state index in [1.165, 1.54) is 63.5 Å². The molecule has 0 aromatic heterocycles. The first kappa shape index (κ1) is 28.6. The second kappa shape index (κ2) is 23.5. The third-order valence-corrected chi connectivity index (χ3v) is 4.58. The van der Waals surface area contributed by atoms with Gasteiger partial charge in [0.15, 0.2) is 0 Å². The highest BCUT2D eigenvalue weighted by atomic mass is 16.5. The topological polar surface area (TPSA) is 52.6 Å². The molecule has 4 heteroatoms. The number of esters is 2. The maximum absolute atomic E-state index is 10.8. The van der Waals surface area contributed by atoms with Crippen LogP contribution in [0.1, 0.15) is 97.8 Å². The van der Waals surface area contributed by atoms with Crippen molar-refractivity contribution in [2.75, 3.05) is 13.2 Å². The predicted molar refractivity (Wildman–Crippen MR) is 118 cm³/mol. The molecule has 164 valence electrons. The molecule has 0 aliphatic rings. The molecule has 0 spiro atoms. The molecule has 0 N–H and O–H groups in total. The quantitative estimate of drug-likeness (QED) is 0.154. The SMILES string of the molecule is C=CC(=O)OCC(CC)CCCC.C=CC(=O)OCCCCCCCCCC. The second-order valence-electron chi connectivity index (χ2n) is 7.10. The van der Waals surface area contributed by atoms with Crippen molar-refractivity contribution in [3.8, 4) is 0 Å². The predicted octanol–water partition coefficient (Wildman–Crippen LogP) is 6.79. The van der Waals surface area contributed by atoms with Gasteiger partial charge in [0.2, 0.25) is 0 Å². The minimum Gasteiger partial charge on any atom is -0.463 e. The summed E-state index contributed by atoms with van der Waals surface area (Å²) in [6, 6.07) is 0. The Kier molecular flexibility index (Phi) is 24.0. The van der Waals surface area contributed by atoms with Crippen molar-refractivity contribution < 1.29 is 19.1 Å². The molecule has 0 rings (SSSR count). The van der Waals surface area contributed by atoms with Crippen molar-refractivity contribution >= 4 is 11.9 Å². The van der Waals surface area contributed by atoms with Gasteiger partial charge in [0, 0.05) is 12.2 Å². The van der Waals surface area contributed by atoms with Gasteiger partial charge in [-0.3, -0.25) is 0 Å². The maximum Gasteiger partial charge on any atom is 0.330 e. The molecule has 0 heterocycles. The Labute approximate surface area is 173 Å². The van der Waals surface area contributed by atoms with E-state index in [9.17, 15) is 9.59 Å². The Morgan fingerprint density at radius 3 is 1.75 bits per heavy atom. The number of hydrogen-bond donors (Lipinski definition) is 0. The van der Waals surface area contributed by atoms with E-state index in [0.717, 1.165) is 25.7 Å². The lowest BCUT2D eigenvalue weighted by Crippen LogP contribution is -2.12. The smallest absolute Gasteiger partial charge is 0.330 e. The van der Waals surface area contributed by atoms with Crippen molar-refractivity contribution in [1.82, 2.24) is 0 Å². The number of carbonyl (C=O) groups excluding carboxylic acids is 2. The fourth-order valence-electron chi connectivity index (χ4n) is 2.62. The van der Waals surface area contributed by atoms with E-state index in [4.69, 9.17) is 9.47 Å². The van der Waals surface area contributed by atoms with Crippen LogP contribution in [-0.4, -0.2) is 25.2 Å². The zero-order valence-electron chi connectivity index (χ0n) is 18.7. The Hall–Kier alpha value is -1.58. The van der Waals surface area contributed by atoms with Gasteiger partial charge >= 0.3 is 11.9 Å². The lowest BCUT2D eigenvalue weighted by atomic mass is 10.0. The van der Waals surface area contributed by atoms with Crippen LogP contribution in [0.4, 0.5) is 0 Å². The average molecular weight is 397 g/mol. The highest BCUT2D eigenvalue weighted by Crippen LogP contribution is 2.12. The largest absolute Gasteiger partial charge is 0.463 e. The van der Waals surface area contributed by atoms with E-state index in [0.29, 0.717) is 19.1 Å². The molecule has 0 aliphatic carbocycles. The van der Waals surface area contributed by atoms with Crippen molar-refractivity contribution in [3.63, 3.8) is 0 Å². The molecule has 0 aliphatic heterocycles. The molecular formula is C24H44O4. The minimum atomic E-state index is -0.310. The van der Waals surface area contributed by atoms with Crippen molar-refractivity contribution in [1.29, 1.82) is 0 Å². The highest BCUT2D eigenvalue weighted by molar-refractivity contribution is 5.81. The molecule has 1 atom stereocenters. The Morgan fingerprint density at radius 2 is 1.25 bits per heavy atom. The van der Waals surface area contributed by atoms with E-state index >= 15 is 0 Å². The van der Waals surface area contributed by atoms with Crippen LogP contribution in [0.2, 0.25) is 0 Å². The first-order valence-electron chi connectivity index (χ1n) is 11.1. The highest BCUT2D eigenvalue weighted by Gasteiger charge is 2.07. The van der Waals surface area contributed by atoms with E-state index in [1.807, 2.05) is 0 Å². The molecule has 28 heavy (non-hydrogen) atoms. The van der Waals surface area contributed by atoms with Crippen molar-refractivity contribution in [2.24, 2.45) is 5.92 Å². The number of carbonyl (C=O) groups is 2. The summed E-state index contributed by atoms with van der Waals surface area (Å²) in [5, 5.41) is 0. The van der Waals surface area contributed by atoms with Gasteiger partial charge in [-0.2, -0.15) is 0 Å². The van der Waals surface area contributed by atoms with Gasteiger partial charge in [0.25, 0.3) is 0 Å². The molecule has 0 radical (unpaired) electrons. The summed E-state index contributed by atoms with van der Waals surface area (Å²) in [6.45, 7) is 14.3. The van der Waals surface area contributed by atoms with Crippen LogP contribution in [0.15, 0.2) is 25.3 Å². The number of hydrogen-bond acceptors (Lipinski definition) is 4. The van der Waals surface area contributed by atoms with E-state index < -0.39 is 0 Å². The maximum atomic E-state index is 10.8. The first-order valence-corrected chi connectivity index (χ1v) is 11.1. The van der Waals surface area contributed by atoms with Gasteiger partial charge in [-0.25, -0.2) is 9.59 Å². The molecule has 0 fully saturated rings. The zero-order chi connectivity index (χ0) is 21.5. The van der Waals surface area contributed by atoms with Crippen LogP contribution in [0, 0.1) is 5.92 Å². The summed E-state index contributed by atoms with van der Waals surface area (Å²) >= 11 is 0. The first-order chi connectivity index (χ1) is 13.5. The summed E-state index contributed by atoms with van der Waals surface area (Å²) < 4.78 is 9.86. The Balaban J connectivity index is 0. The second-order valence-corrected chi connectivity index (χ2v) is 7.10. The molecule has 0 amide bonds. The number of rotatable bonds is 17. The summed E-state index contributed by atoms with van der Waals surface area (Å²) in [5.41, 5.74) is 0. The third kappa shape index (κ3) is 22.5. The molecule has 4 nitrogen and oxygen atoms in total. The lowest BCUT2D eigenvalue weighted by Gasteiger charge is -2.13. The van der Waals surface area contributed by atoms with E-state index in [1.54, 1.807) is 0 Å². The Morgan fingerprint density at radius 1 is 0.750 bits per heavy atom. The van der Waals surface area contributed by atoms with Crippen LogP contribution < -0.4 is 0 Å². The van der Waals surface area contributed by atoms with Crippen LogP contribution >= 0.6 is 0 Å². The van der Waals surface area contributed by atoms with E-state index in [2.05, 4.69) is 33.9 Å². The van der Waals surface area contributed by atoms with Crippen LogP contribution in [0.5, 0.6) is 0 Å². The summed E-state index contributed by atoms with van der Waals surface area (Å²) in [5.74, 6) is -0.100. The summed E-state index contributed by atoms with van der Waals surface area (Å²) in [6.07, 6.45) is 17.2. The Bertz CT molecular complexity index is 390. The zero-order valence-corrected chi connectivity index (χ0v) is 18.7. The van der Waals surface area contributed by atoms with Crippen molar-refractivity contribution in [2.45, 2.75) is 97.8 Å². The summed E-state index contributed by atoms with van der Waals surface area (Å²) in [7, 11) is 0. The molecule has 0 saturated carbocycles. The molecule has 1 unspecified atom stereocenters. The van der Waals surface area contributed by atoms with Gasteiger partial charge in [-0.05, 0) is 18.8 Å². The van der Waals surface area contributed by atoms with Crippen LogP contribution in [0.25, 0.3) is 0 Å². The molecule has 0 bridgehead atoms. The molecule has 0 saturated heterocycles. The minimum absolute atomic E-state index is 0.307. The van der Waals surface area contributed by atoms with Gasteiger partial charge in [0.05, 0.1) is 13.2 Å². The molecular weight excluding hydrogens is 352 g/mol. The summed E-state index contributed by atoms with van der Waals surface area (Å²) in [4.78, 5) is 21.4. The average Bonchev–Trinajstić information content (AvgIpc) is 2.72. The fraction of sp³-hybridized carbons (Fsp3) is 0.750. The molecule has 0 aromatic carbocycles. The van der Waals surface area contributed by atoms with Crippen LogP contribution in [-0.2, 0) is 19.1 Å². The van der Waals surface area contributed by atoms with Crippen molar-refractivity contribution in [3.05, 3.63) is 25.3 Å². The standard InChI is InChI=1S/C13H24O2.C11H20O2/c1-3-5-6-7-8-9-10-11-12-15-13(14)4-2;1-4-7-8-10(5-2)9-13-11(12)6-3/h4H,2-3,5-12H2,1H3;6,10H,3-5,7-9H2,1-2H3. The number of ether oxygens (including phenoxy) is 2. The van der Waals surface area contributed by atoms with Gasteiger partial charge in [-0.15, -0.1) is 0 Å². The third-order valence-electron chi connectivity index (χ3n) is 4.58. The monoisotopic (exact) mass is 396 g/mol. The lowest BCUT2D eigenvalue weighted by molar-refractivity contribution is -0.139. The van der Waals surface area contributed by atoms with Gasteiger partial charge in [-0.1, -0.05) is 98.1 Å². The van der Waals surface area contributed by atoms with E-state index in [-0.39, 0.29) is 11.9 Å². The van der Waals surface area contributed by atoms with Gasteiger partial charge in [0.1, 0.15) is 0 Å². The van der Waals surface area contributed by atoms with Gasteiger partial charge < -0.3 is 9.47 Å².